The molecule has 3 nitrogen and oxygen atoms in total. The summed E-state index contributed by atoms with van der Waals surface area (Å²) in [5.74, 6) is 0.0243. The Morgan fingerprint density at radius 3 is 2.43 bits per heavy atom. The summed E-state index contributed by atoms with van der Waals surface area (Å²) in [5, 5.41) is 3.01. The standard InChI is InChI=1S/C19H21NO2S/c1-14-7-9-17(23-14)16(21)8-10-18(22)20-13-19(11-12-19)15-5-3-2-4-6-15/h2-7,9H,8,10-13H2,1H3,(H,20,22). The van der Waals surface area contributed by atoms with Gasteiger partial charge in [0.15, 0.2) is 5.78 Å². The molecule has 0 bridgehead atoms. The maximum absolute atomic E-state index is 12.0. The van der Waals surface area contributed by atoms with Crippen LogP contribution in [-0.2, 0) is 10.2 Å². The second-order valence-corrected chi connectivity index (χ2v) is 7.54. The summed E-state index contributed by atoms with van der Waals surface area (Å²) in [6.07, 6.45) is 2.78. The highest BCUT2D eigenvalue weighted by atomic mass is 32.1. The van der Waals surface area contributed by atoms with Gasteiger partial charge in [-0.2, -0.15) is 0 Å². The van der Waals surface area contributed by atoms with E-state index in [1.54, 1.807) is 0 Å². The fraction of sp³-hybridized carbons (Fsp3) is 0.368. The highest BCUT2D eigenvalue weighted by Gasteiger charge is 2.44. The Bertz CT molecular complexity index is 701. The molecule has 1 aromatic carbocycles. The Hall–Kier alpha value is -1.94. The molecule has 1 heterocycles. The summed E-state index contributed by atoms with van der Waals surface area (Å²) in [6, 6.07) is 14.1. The van der Waals surface area contributed by atoms with E-state index in [2.05, 4.69) is 17.4 Å². The second-order valence-electron chi connectivity index (χ2n) is 6.26. The Kier molecular flexibility index (Phi) is 4.62. The van der Waals surface area contributed by atoms with Crippen LogP contribution < -0.4 is 5.32 Å². The van der Waals surface area contributed by atoms with Gasteiger partial charge in [-0.15, -0.1) is 11.3 Å². The first-order valence-corrected chi connectivity index (χ1v) is 8.83. The van der Waals surface area contributed by atoms with Gasteiger partial charge in [0.2, 0.25) is 5.91 Å². The van der Waals surface area contributed by atoms with E-state index < -0.39 is 0 Å². The molecular formula is C19H21NO2S. The quantitative estimate of drug-likeness (QED) is 0.785. The Morgan fingerprint density at radius 1 is 1.09 bits per heavy atom. The zero-order valence-electron chi connectivity index (χ0n) is 13.3. The van der Waals surface area contributed by atoms with Gasteiger partial charge in [0, 0.05) is 29.7 Å². The van der Waals surface area contributed by atoms with Crippen LogP contribution in [-0.4, -0.2) is 18.2 Å². The number of amides is 1. The van der Waals surface area contributed by atoms with Crippen LogP contribution in [0.4, 0.5) is 0 Å². The monoisotopic (exact) mass is 327 g/mol. The van der Waals surface area contributed by atoms with Crippen molar-refractivity contribution in [3.8, 4) is 0 Å². The summed E-state index contributed by atoms with van der Waals surface area (Å²) in [5.41, 5.74) is 1.41. The molecule has 1 N–H and O–H groups in total. The number of carbonyl (C=O) groups excluding carboxylic acids is 2. The number of ketones is 1. The molecule has 3 rings (SSSR count). The number of aryl methyl sites for hydroxylation is 1. The van der Waals surface area contributed by atoms with Crippen molar-refractivity contribution in [1.29, 1.82) is 0 Å². The van der Waals surface area contributed by atoms with Crippen molar-refractivity contribution in [3.05, 3.63) is 57.8 Å². The molecule has 1 saturated carbocycles. The predicted molar refractivity (Wildman–Crippen MR) is 93.0 cm³/mol. The van der Waals surface area contributed by atoms with E-state index >= 15 is 0 Å². The third-order valence-corrected chi connectivity index (χ3v) is 5.50. The highest BCUT2D eigenvalue weighted by molar-refractivity contribution is 7.14. The van der Waals surface area contributed by atoms with Crippen LogP contribution in [0.1, 0.15) is 45.8 Å². The van der Waals surface area contributed by atoms with Crippen LogP contribution >= 0.6 is 11.3 Å². The molecule has 1 aliphatic carbocycles. The van der Waals surface area contributed by atoms with E-state index in [4.69, 9.17) is 0 Å². The zero-order valence-corrected chi connectivity index (χ0v) is 14.1. The second kappa shape index (κ2) is 6.67. The van der Waals surface area contributed by atoms with Gasteiger partial charge >= 0.3 is 0 Å². The van der Waals surface area contributed by atoms with E-state index in [0.29, 0.717) is 6.54 Å². The summed E-state index contributed by atoms with van der Waals surface area (Å²) in [6.45, 7) is 2.65. The Balaban J connectivity index is 1.46. The van der Waals surface area contributed by atoms with Gasteiger partial charge in [-0.05, 0) is 37.5 Å². The van der Waals surface area contributed by atoms with Crippen LogP contribution in [0, 0.1) is 6.92 Å². The molecule has 0 unspecified atom stereocenters. The van der Waals surface area contributed by atoms with Crippen LogP contribution in [0.2, 0.25) is 0 Å². The lowest BCUT2D eigenvalue weighted by Gasteiger charge is -2.16. The predicted octanol–water partition coefficient (Wildman–Crippen LogP) is 3.87. The minimum Gasteiger partial charge on any atom is -0.355 e. The van der Waals surface area contributed by atoms with Crippen molar-refractivity contribution in [3.63, 3.8) is 0 Å². The molecule has 4 heteroatoms. The van der Waals surface area contributed by atoms with Gasteiger partial charge in [0.05, 0.1) is 4.88 Å². The van der Waals surface area contributed by atoms with Gasteiger partial charge in [0.1, 0.15) is 0 Å². The molecule has 120 valence electrons. The molecule has 1 aliphatic rings. The maximum Gasteiger partial charge on any atom is 0.220 e. The summed E-state index contributed by atoms with van der Waals surface area (Å²) in [7, 11) is 0. The van der Waals surface area contributed by atoms with Crippen molar-refractivity contribution in [2.75, 3.05) is 6.54 Å². The van der Waals surface area contributed by atoms with Crippen molar-refractivity contribution in [2.24, 2.45) is 0 Å². The fourth-order valence-corrected chi connectivity index (χ4v) is 3.64. The largest absolute Gasteiger partial charge is 0.355 e. The first-order chi connectivity index (χ1) is 11.1. The van der Waals surface area contributed by atoms with Crippen molar-refractivity contribution in [1.82, 2.24) is 5.32 Å². The highest BCUT2D eigenvalue weighted by Crippen LogP contribution is 2.47. The van der Waals surface area contributed by atoms with E-state index in [9.17, 15) is 9.59 Å². The van der Waals surface area contributed by atoms with E-state index in [-0.39, 0.29) is 29.9 Å². The summed E-state index contributed by atoms with van der Waals surface area (Å²) >= 11 is 1.49. The fourth-order valence-electron chi connectivity index (χ4n) is 2.80. The molecule has 0 radical (unpaired) electrons. The maximum atomic E-state index is 12.0. The van der Waals surface area contributed by atoms with Gasteiger partial charge in [-0.25, -0.2) is 0 Å². The van der Waals surface area contributed by atoms with Gasteiger partial charge in [0.25, 0.3) is 0 Å². The average Bonchev–Trinajstić information content (AvgIpc) is 3.25. The number of Topliss-reactive ketones (excluding diaryl/α,β-unsaturated/α-hetero) is 1. The molecule has 0 saturated heterocycles. The number of thiophene rings is 1. The number of rotatable bonds is 7. The average molecular weight is 327 g/mol. The lowest BCUT2D eigenvalue weighted by molar-refractivity contribution is -0.121. The van der Waals surface area contributed by atoms with Crippen molar-refractivity contribution < 1.29 is 9.59 Å². The SMILES string of the molecule is Cc1ccc(C(=O)CCC(=O)NCC2(c3ccccc3)CC2)s1. The molecular weight excluding hydrogens is 306 g/mol. The Labute approximate surface area is 140 Å². The van der Waals surface area contributed by atoms with Gasteiger partial charge < -0.3 is 5.32 Å². The van der Waals surface area contributed by atoms with Crippen molar-refractivity contribution >= 4 is 23.0 Å². The number of carbonyl (C=O) groups is 2. The number of hydrogen-bond donors (Lipinski definition) is 1. The van der Waals surface area contributed by atoms with E-state index in [1.807, 2.05) is 37.3 Å². The molecule has 1 fully saturated rings. The Morgan fingerprint density at radius 2 is 1.83 bits per heavy atom. The first-order valence-electron chi connectivity index (χ1n) is 8.01. The number of benzene rings is 1. The van der Waals surface area contributed by atoms with Gasteiger partial charge in [-0.3, -0.25) is 9.59 Å². The van der Waals surface area contributed by atoms with Crippen LogP contribution in [0.5, 0.6) is 0 Å². The molecule has 0 atom stereocenters. The third-order valence-electron chi connectivity index (χ3n) is 4.46. The lowest BCUT2D eigenvalue weighted by atomic mass is 9.96. The van der Waals surface area contributed by atoms with Crippen LogP contribution in [0.15, 0.2) is 42.5 Å². The summed E-state index contributed by atoms with van der Waals surface area (Å²) < 4.78 is 0. The molecule has 1 amide bonds. The van der Waals surface area contributed by atoms with Crippen LogP contribution in [0.25, 0.3) is 0 Å². The van der Waals surface area contributed by atoms with Crippen LogP contribution in [0.3, 0.4) is 0 Å². The lowest BCUT2D eigenvalue weighted by Crippen LogP contribution is -2.32. The normalized spacial score (nSPS) is 15.2. The smallest absolute Gasteiger partial charge is 0.220 e. The molecule has 0 aliphatic heterocycles. The minimum absolute atomic E-state index is 0.0335. The minimum atomic E-state index is -0.0335. The third kappa shape index (κ3) is 3.88. The molecule has 2 aromatic rings. The van der Waals surface area contributed by atoms with E-state index in [0.717, 1.165) is 22.6 Å². The topological polar surface area (TPSA) is 46.2 Å². The number of nitrogens with one attached hydrogen (secondary N) is 1. The van der Waals surface area contributed by atoms with E-state index in [1.165, 1.54) is 16.9 Å². The summed E-state index contributed by atoms with van der Waals surface area (Å²) in [4.78, 5) is 25.9. The zero-order chi connectivity index (χ0) is 16.3. The van der Waals surface area contributed by atoms with Crippen molar-refractivity contribution in [2.45, 2.75) is 38.0 Å². The molecule has 23 heavy (non-hydrogen) atoms. The van der Waals surface area contributed by atoms with Gasteiger partial charge in [-0.1, -0.05) is 30.3 Å². The molecule has 0 spiro atoms. The first kappa shape index (κ1) is 15.9. The number of hydrogen-bond acceptors (Lipinski definition) is 3. The molecule has 1 aromatic heterocycles.